The number of nitrogens with zero attached hydrogens (tertiary/aromatic N) is 4. The summed E-state index contributed by atoms with van der Waals surface area (Å²) in [6.07, 6.45) is 2.04. The lowest BCUT2D eigenvalue weighted by atomic mass is 10.1. The molecule has 3 rings (SSSR count). The van der Waals surface area contributed by atoms with Gasteiger partial charge in [-0.2, -0.15) is 0 Å². The van der Waals surface area contributed by atoms with Gasteiger partial charge in [0.25, 0.3) is 0 Å². The number of carbonyl (C=O) groups is 1. The minimum Gasteiger partial charge on any atom is -0.341 e. The summed E-state index contributed by atoms with van der Waals surface area (Å²) in [6.45, 7) is 2.59. The Morgan fingerprint density at radius 1 is 1.11 bits per heavy atom. The number of benzene rings is 2. The van der Waals surface area contributed by atoms with E-state index < -0.39 is 0 Å². The van der Waals surface area contributed by atoms with Crippen LogP contribution in [-0.4, -0.2) is 44.7 Å². The first-order valence-electron chi connectivity index (χ1n) is 8.75. The molecule has 0 saturated heterocycles. The number of hydrogen-bond donors (Lipinski definition) is 1. The minimum atomic E-state index is 0.0128. The molecule has 0 atom stereocenters. The molecule has 146 valence electrons. The maximum Gasteiger partial charge on any atom is 0.233 e. The van der Waals surface area contributed by atoms with E-state index in [9.17, 15) is 4.79 Å². The number of amides is 1. The van der Waals surface area contributed by atoms with Crippen LogP contribution in [0.25, 0.3) is 11.4 Å². The van der Waals surface area contributed by atoms with Crippen molar-refractivity contribution >= 4 is 29.4 Å². The molecule has 6 nitrogen and oxygen atoms in total. The molecule has 0 fully saturated rings. The van der Waals surface area contributed by atoms with Crippen molar-refractivity contribution in [2.45, 2.75) is 23.5 Å². The highest BCUT2D eigenvalue weighted by Gasteiger charge is 2.15. The molecule has 1 heterocycles. The molecule has 0 aliphatic carbocycles. The zero-order chi connectivity index (χ0) is 20.1. The molecule has 3 aromatic rings. The molecular weight excluding hydrogens is 390 g/mol. The SMILES string of the molecule is CSc1ccc(CN(C)C(=O)CSc2nnc(-c3ccc(C)cc3)n2N)cc1. The molecule has 0 saturated carbocycles. The topological polar surface area (TPSA) is 77.0 Å². The van der Waals surface area contributed by atoms with Crippen LogP contribution in [0.2, 0.25) is 0 Å². The molecule has 8 heteroatoms. The van der Waals surface area contributed by atoms with Gasteiger partial charge in [-0.25, -0.2) is 4.68 Å². The third kappa shape index (κ3) is 4.88. The van der Waals surface area contributed by atoms with E-state index in [1.165, 1.54) is 21.3 Å². The fraction of sp³-hybridized carbons (Fsp3) is 0.250. The van der Waals surface area contributed by atoms with Crippen LogP contribution in [0.4, 0.5) is 0 Å². The van der Waals surface area contributed by atoms with Crippen LogP contribution in [0.1, 0.15) is 11.1 Å². The molecule has 2 N–H and O–H groups in total. The molecule has 1 amide bonds. The van der Waals surface area contributed by atoms with Gasteiger partial charge in [0.2, 0.25) is 11.1 Å². The van der Waals surface area contributed by atoms with Crippen LogP contribution in [0.3, 0.4) is 0 Å². The Bertz CT molecular complexity index is 938. The number of aromatic nitrogens is 3. The third-order valence-electron chi connectivity index (χ3n) is 4.30. The Balaban J connectivity index is 1.58. The van der Waals surface area contributed by atoms with Gasteiger partial charge in [0.15, 0.2) is 5.82 Å². The molecule has 0 unspecified atom stereocenters. The van der Waals surface area contributed by atoms with Crippen LogP contribution >= 0.6 is 23.5 Å². The molecule has 28 heavy (non-hydrogen) atoms. The number of aryl methyl sites for hydroxylation is 1. The van der Waals surface area contributed by atoms with E-state index in [2.05, 4.69) is 22.3 Å². The maximum absolute atomic E-state index is 12.5. The van der Waals surface area contributed by atoms with Crippen molar-refractivity contribution in [2.75, 3.05) is 24.9 Å². The number of thioether (sulfide) groups is 2. The van der Waals surface area contributed by atoms with E-state index in [1.54, 1.807) is 23.7 Å². The lowest BCUT2D eigenvalue weighted by Crippen LogP contribution is -2.28. The third-order valence-corrected chi connectivity index (χ3v) is 5.98. The van der Waals surface area contributed by atoms with Crippen LogP contribution in [-0.2, 0) is 11.3 Å². The first-order valence-corrected chi connectivity index (χ1v) is 11.0. The molecule has 1 aromatic heterocycles. The fourth-order valence-corrected chi connectivity index (χ4v) is 3.81. The quantitative estimate of drug-likeness (QED) is 0.472. The Kier molecular flexibility index (Phi) is 6.64. The van der Waals surface area contributed by atoms with E-state index >= 15 is 0 Å². The molecule has 0 spiro atoms. The second-order valence-electron chi connectivity index (χ2n) is 6.43. The van der Waals surface area contributed by atoms with Crippen LogP contribution in [0.5, 0.6) is 0 Å². The van der Waals surface area contributed by atoms with Crippen molar-refractivity contribution in [1.82, 2.24) is 19.8 Å². The summed E-state index contributed by atoms with van der Waals surface area (Å²) >= 11 is 2.99. The zero-order valence-corrected chi connectivity index (χ0v) is 17.8. The van der Waals surface area contributed by atoms with E-state index in [-0.39, 0.29) is 11.7 Å². The van der Waals surface area contributed by atoms with Crippen molar-refractivity contribution in [1.29, 1.82) is 0 Å². The number of nitrogens with two attached hydrogens (primary N) is 1. The molecule has 0 aliphatic heterocycles. The van der Waals surface area contributed by atoms with Crippen LogP contribution < -0.4 is 5.84 Å². The van der Waals surface area contributed by atoms with Crippen molar-refractivity contribution in [3.05, 3.63) is 59.7 Å². The maximum atomic E-state index is 12.5. The smallest absolute Gasteiger partial charge is 0.233 e. The predicted molar refractivity (Wildman–Crippen MR) is 116 cm³/mol. The van der Waals surface area contributed by atoms with Gasteiger partial charge in [0, 0.05) is 24.1 Å². The molecule has 0 radical (unpaired) electrons. The molecule has 0 aliphatic rings. The number of nitrogen functional groups attached to an aromatic ring is 1. The van der Waals surface area contributed by atoms with Gasteiger partial charge in [0.1, 0.15) is 0 Å². The molecular formula is C20H23N5OS2. The number of carbonyl (C=O) groups excluding carboxylic acids is 1. The van der Waals surface area contributed by atoms with E-state index in [4.69, 9.17) is 5.84 Å². The lowest BCUT2D eigenvalue weighted by molar-refractivity contribution is -0.127. The van der Waals surface area contributed by atoms with Crippen molar-refractivity contribution in [3.8, 4) is 11.4 Å². The average molecular weight is 414 g/mol. The van der Waals surface area contributed by atoms with Crippen molar-refractivity contribution in [3.63, 3.8) is 0 Å². The monoisotopic (exact) mass is 413 g/mol. The largest absolute Gasteiger partial charge is 0.341 e. The van der Waals surface area contributed by atoms with Gasteiger partial charge in [-0.15, -0.1) is 22.0 Å². The van der Waals surface area contributed by atoms with E-state index in [1.807, 2.05) is 49.6 Å². The summed E-state index contributed by atoms with van der Waals surface area (Å²) < 4.78 is 1.43. The van der Waals surface area contributed by atoms with E-state index in [0.29, 0.717) is 17.5 Å². The minimum absolute atomic E-state index is 0.0128. The summed E-state index contributed by atoms with van der Waals surface area (Å²) in [7, 11) is 1.80. The van der Waals surface area contributed by atoms with Crippen molar-refractivity contribution < 1.29 is 4.79 Å². The van der Waals surface area contributed by atoms with Gasteiger partial charge in [0.05, 0.1) is 5.75 Å². The van der Waals surface area contributed by atoms with Gasteiger partial charge >= 0.3 is 0 Å². The fourth-order valence-electron chi connectivity index (χ4n) is 2.60. The second kappa shape index (κ2) is 9.16. The van der Waals surface area contributed by atoms with E-state index in [0.717, 1.165) is 16.7 Å². The predicted octanol–water partition coefficient (Wildman–Crippen LogP) is 3.44. The van der Waals surface area contributed by atoms with Gasteiger partial charge < -0.3 is 10.7 Å². The van der Waals surface area contributed by atoms with Crippen LogP contribution in [0.15, 0.2) is 58.6 Å². The summed E-state index contributed by atoms with van der Waals surface area (Å²) in [5, 5.41) is 8.80. The summed E-state index contributed by atoms with van der Waals surface area (Å²) in [5.41, 5.74) is 3.16. The molecule has 2 aromatic carbocycles. The highest BCUT2D eigenvalue weighted by atomic mass is 32.2. The first-order chi connectivity index (χ1) is 13.5. The Labute approximate surface area is 173 Å². The first kappa shape index (κ1) is 20.3. The standard InChI is InChI=1S/C20H23N5OS2/c1-14-4-8-16(9-5-14)19-22-23-20(25(19)21)28-13-18(26)24(2)12-15-6-10-17(27-3)11-7-15/h4-11H,12-13,21H2,1-3H3. The Morgan fingerprint density at radius 2 is 1.79 bits per heavy atom. The zero-order valence-electron chi connectivity index (χ0n) is 16.1. The molecule has 0 bridgehead atoms. The number of hydrogen-bond acceptors (Lipinski definition) is 6. The van der Waals surface area contributed by atoms with Crippen LogP contribution in [0, 0.1) is 6.92 Å². The Hall–Kier alpha value is -2.45. The number of rotatable bonds is 7. The van der Waals surface area contributed by atoms with Crippen molar-refractivity contribution in [2.24, 2.45) is 0 Å². The normalized spacial score (nSPS) is 10.8. The summed E-state index contributed by atoms with van der Waals surface area (Å²) in [4.78, 5) is 15.4. The summed E-state index contributed by atoms with van der Waals surface area (Å²) in [6, 6.07) is 16.1. The summed E-state index contributed by atoms with van der Waals surface area (Å²) in [5.74, 6) is 6.98. The lowest BCUT2D eigenvalue weighted by Gasteiger charge is -2.17. The average Bonchev–Trinajstić information content (AvgIpc) is 3.07. The van der Waals surface area contributed by atoms with Gasteiger partial charge in [-0.05, 0) is 30.9 Å². The highest BCUT2D eigenvalue weighted by Crippen LogP contribution is 2.22. The Morgan fingerprint density at radius 3 is 2.43 bits per heavy atom. The van der Waals surface area contributed by atoms with Gasteiger partial charge in [-0.3, -0.25) is 4.79 Å². The van der Waals surface area contributed by atoms with Gasteiger partial charge in [-0.1, -0.05) is 53.7 Å². The highest BCUT2D eigenvalue weighted by molar-refractivity contribution is 7.99. The second-order valence-corrected chi connectivity index (χ2v) is 8.25.